The number of aryl methyl sites for hydroxylation is 1. The maximum atomic E-state index is 12.6. The summed E-state index contributed by atoms with van der Waals surface area (Å²) < 4.78 is 2.08. The SMILES string of the molecule is Cc1ccsc1/C=c1\sc2nc(-c3ccc(C(C)(C)C)cc3)nn2c1=O. The van der Waals surface area contributed by atoms with E-state index < -0.39 is 0 Å². The van der Waals surface area contributed by atoms with Crippen LogP contribution >= 0.6 is 22.7 Å². The van der Waals surface area contributed by atoms with E-state index in [9.17, 15) is 4.79 Å². The molecule has 3 heterocycles. The van der Waals surface area contributed by atoms with E-state index in [-0.39, 0.29) is 11.0 Å². The molecular formula is C20H19N3OS2. The molecule has 0 aliphatic carbocycles. The standard InChI is InChI=1S/C20H19N3OS2/c1-12-9-10-25-15(12)11-16-18(24)23-19(26-16)21-17(22-23)13-5-7-14(8-6-13)20(2,3)4/h5-11H,1-4H3/b16-11-. The Labute approximate surface area is 159 Å². The van der Waals surface area contributed by atoms with Crippen molar-refractivity contribution in [2.75, 3.05) is 0 Å². The number of nitrogens with zero attached hydrogens (tertiary/aromatic N) is 3. The minimum Gasteiger partial charge on any atom is -0.266 e. The average molecular weight is 382 g/mol. The largest absolute Gasteiger partial charge is 0.291 e. The van der Waals surface area contributed by atoms with Gasteiger partial charge < -0.3 is 0 Å². The van der Waals surface area contributed by atoms with Crippen molar-refractivity contribution >= 4 is 33.7 Å². The van der Waals surface area contributed by atoms with E-state index in [4.69, 9.17) is 0 Å². The summed E-state index contributed by atoms with van der Waals surface area (Å²) >= 11 is 3.01. The second-order valence-corrected chi connectivity index (χ2v) is 9.30. The van der Waals surface area contributed by atoms with Gasteiger partial charge in [0.1, 0.15) is 0 Å². The zero-order chi connectivity index (χ0) is 18.5. The van der Waals surface area contributed by atoms with Crippen LogP contribution in [0.3, 0.4) is 0 Å². The number of hydrogen-bond acceptors (Lipinski definition) is 5. The van der Waals surface area contributed by atoms with Crippen molar-refractivity contribution in [3.05, 3.63) is 66.6 Å². The van der Waals surface area contributed by atoms with Crippen LogP contribution in [0.1, 0.15) is 36.8 Å². The predicted octanol–water partition coefficient (Wildman–Crippen LogP) is 4.03. The fourth-order valence-corrected chi connectivity index (χ4v) is 4.55. The van der Waals surface area contributed by atoms with E-state index in [2.05, 4.69) is 49.1 Å². The lowest BCUT2D eigenvalue weighted by atomic mass is 9.87. The molecule has 132 valence electrons. The minimum absolute atomic E-state index is 0.105. The first-order chi connectivity index (χ1) is 12.3. The first-order valence-corrected chi connectivity index (χ1v) is 10.1. The molecule has 0 N–H and O–H groups in total. The quantitative estimate of drug-likeness (QED) is 0.527. The van der Waals surface area contributed by atoms with Gasteiger partial charge in [-0.1, -0.05) is 56.4 Å². The van der Waals surface area contributed by atoms with E-state index in [0.29, 0.717) is 15.3 Å². The van der Waals surface area contributed by atoms with Gasteiger partial charge in [0.25, 0.3) is 5.56 Å². The number of thiophene rings is 1. The molecule has 0 saturated heterocycles. The summed E-state index contributed by atoms with van der Waals surface area (Å²) in [6.45, 7) is 8.60. The molecular weight excluding hydrogens is 362 g/mol. The van der Waals surface area contributed by atoms with Crippen molar-refractivity contribution in [3.63, 3.8) is 0 Å². The van der Waals surface area contributed by atoms with Crippen molar-refractivity contribution < 1.29 is 0 Å². The summed E-state index contributed by atoms with van der Waals surface area (Å²) in [5.74, 6) is 0.590. The van der Waals surface area contributed by atoms with Crippen molar-refractivity contribution in [2.45, 2.75) is 33.1 Å². The van der Waals surface area contributed by atoms with E-state index in [1.165, 1.54) is 27.0 Å². The molecule has 0 aliphatic rings. The van der Waals surface area contributed by atoms with E-state index in [0.717, 1.165) is 10.4 Å². The lowest BCUT2D eigenvalue weighted by Gasteiger charge is -2.18. The highest BCUT2D eigenvalue weighted by atomic mass is 32.1. The Morgan fingerprint density at radius 2 is 1.85 bits per heavy atom. The molecule has 0 unspecified atom stereocenters. The summed E-state index contributed by atoms with van der Waals surface area (Å²) in [6.07, 6.45) is 1.93. The zero-order valence-electron chi connectivity index (χ0n) is 15.1. The molecule has 4 nitrogen and oxygen atoms in total. The van der Waals surface area contributed by atoms with Crippen LogP contribution in [0, 0.1) is 6.92 Å². The lowest BCUT2D eigenvalue weighted by Crippen LogP contribution is -2.23. The maximum absolute atomic E-state index is 12.6. The molecule has 0 bridgehead atoms. The number of benzene rings is 1. The van der Waals surface area contributed by atoms with Gasteiger partial charge in [-0.25, -0.2) is 0 Å². The topological polar surface area (TPSA) is 47.3 Å². The smallest absolute Gasteiger partial charge is 0.266 e. The van der Waals surface area contributed by atoms with Gasteiger partial charge in [0.05, 0.1) is 4.53 Å². The molecule has 26 heavy (non-hydrogen) atoms. The second-order valence-electron chi connectivity index (χ2n) is 7.34. The van der Waals surface area contributed by atoms with Gasteiger partial charge in [-0.05, 0) is 41.0 Å². The van der Waals surface area contributed by atoms with Crippen LogP contribution in [0.2, 0.25) is 0 Å². The van der Waals surface area contributed by atoms with Crippen LogP contribution < -0.4 is 10.1 Å². The second kappa shape index (κ2) is 6.14. The van der Waals surface area contributed by atoms with Crippen LogP contribution in [0.5, 0.6) is 0 Å². The highest BCUT2D eigenvalue weighted by Crippen LogP contribution is 2.25. The third-order valence-electron chi connectivity index (χ3n) is 4.35. The summed E-state index contributed by atoms with van der Waals surface area (Å²) in [5, 5.41) is 6.46. The van der Waals surface area contributed by atoms with Crippen molar-refractivity contribution in [3.8, 4) is 11.4 Å². The first kappa shape index (κ1) is 17.1. The summed E-state index contributed by atoms with van der Waals surface area (Å²) in [7, 11) is 0. The van der Waals surface area contributed by atoms with E-state index >= 15 is 0 Å². The summed E-state index contributed by atoms with van der Waals surface area (Å²) in [4.78, 5) is 18.9. The Bertz CT molecular complexity index is 1190. The Kier molecular flexibility index (Phi) is 4.04. The molecule has 0 fully saturated rings. The van der Waals surface area contributed by atoms with Crippen LogP contribution in [-0.2, 0) is 5.41 Å². The fraction of sp³-hybridized carbons (Fsp3) is 0.250. The van der Waals surface area contributed by atoms with E-state index in [1.807, 2.05) is 30.5 Å². The molecule has 0 spiro atoms. The number of fused-ring (bicyclic) bond motifs is 1. The fourth-order valence-electron chi connectivity index (χ4n) is 2.73. The first-order valence-electron chi connectivity index (χ1n) is 8.39. The van der Waals surface area contributed by atoms with Gasteiger partial charge in [0.15, 0.2) is 5.82 Å². The monoisotopic (exact) mass is 381 g/mol. The van der Waals surface area contributed by atoms with Crippen molar-refractivity contribution in [1.29, 1.82) is 0 Å². The number of rotatable bonds is 2. The predicted molar refractivity (Wildman–Crippen MR) is 109 cm³/mol. The Hall–Kier alpha value is -2.31. The molecule has 3 aromatic heterocycles. The van der Waals surface area contributed by atoms with Crippen LogP contribution in [-0.4, -0.2) is 14.6 Å². The van der Waals surface area contributed by atoms with E-state index in [1.54, 1.807) is 11.3 Å². The zero-order valence-corrected chi connectivity index (χ0v) is 16.7. The van der Waals surface area contributed by atoms with Gasteiger partial charge in [-0.3, -0.25) is 4.79 Å². The van der Waals surface area contributed by atoms with Crippen LogP contribution in [0.15, 0.2) is 40.5 Å². The molecule has 6 heteroatoms. The van der Waals surface area contributed by atoms with Gasteiger partial charge in [-0.2, -0.15) is 9.50 Å². The molecule has 4 aromatic rings. The third-order valence-corrected chi connectivity index (χ3v) is 6.28. The van der Waals surface area contributed by atoms with Gasteiger partial charge in [0.2, 0.25) is 4.96 Å². The van der Waals surface area contributed by atoms with Crippen molar-refractivity contribution in [2.24, 2.45) is 0 Å². The Morgan fingerprint density at radius 1 is 1.12 bits per heavy atom. The Balaban J connectivity index is 1.75. The van der Waals surface area contributed by atoms with Crippen LogP contribution in [0.4, 0.5) is 0 Å². The summed E-state index contributed by atoms with van der Waals surface area (Å²) in [6, 6.07) is 10.3. The molecule has 1 aromatic carbocycles. The summed E-state index contributed by atoms with van der Waals surface area (Å²) in [5.41, 5.74) is 3.35. The minimum atomic E-state index is -0.108. The van der Waals surface area contributed by atoms with Gasteiger partial charge >= 0.3 is 0 Å². The maximum Gasteiger partial charge on any atom is 0.291 e. The van der Waals surface area contributed by atoms with Crippen LogP contribution in [0.25, 0.3) is 22.4 Å². The normalized spacial score (nSPS) is 13.0. The van der Waals surface area contributed by atoms with Gasteiger partial charge in [0, 0.05) is 10.4 Å². The highest BCUT2D eigenvalue weighted by Gasteiger charge is 2.15. The number of thiazole rings is 1. The molecule has 0 radical (unpaired) electrons. The average Bonchev–Trinajstić information content (AvgIpc) is 3.26. The molecule has 0 saturated carbocycles. The molecule has 0 amide bonds. The van der Waals surface area contributed by atoms with Crippen molar-refractivity contribution in [1.82, 2.24) is 14.6 Å². The third kappa shape index (κ3) is 2.99. The molecule has 0 aliphatic heterocycles. The lowest BCUT2D eigenvalue weighted by molar-refractivity contribution is 0.590. The number of hydrogen-bond donors (Lipinski definition) is 0. The molecule has 4 rings (SSSR count). The highest BCUT2D eigenvalue weighted by molar-refractivity contribution is 7.15. The Morgan fingerprint density at radius 3 is 2.42 bits per heavy atom. The number of aromatic nitrogens is 3. The van der Waals surface area contributed by atoms with Gasteiger partial charge in [-0.15, -0.1) is 16.4 Å². The molecule has 0 atom stereocenters.